The van der Waals surface area contributed by atoms with Crippen LogP contribution in [0.3, 0.4) is 0 Å². The molecule has 24 heavy (non-hydrogen) atoms. The van der Waals surface area contributed by atoms with Crippen LogP contribution >= 0.6 is 0 Å². The molecule has 0 bridgehead atoms. The topological polar surface area (TPSA) is 52.7 Å². The summed E-state index contributed by atoms with van der Waals surface area (Å²) in [6.07, 6.45) is 0.581. The highest BCUT2D eigenvalue weighted by molar-refractivity contribution is 5.97. The van der Waals surface area contributed by atoms with E-state index < -0.39 is 11.9 Å². The number of likely N-dealkylation sites (N-methyl/N-ethyl adjacent to an activating group) is 1. The van der Waals surface area contributed by atoms with E-state index in [2.05, 4.69) is 10.2 Å². The fourth-order valence-corrected chi connectivity index (χ4v) is 2.78. The maximum atomic E-state index is 13.0. The number of carbonyl (C=O) groups is 2. The van der Waals surface area contributed by atoms with Gasteiger partial charge in [0.05, 0.1) is 0 Å². The van der Waals surface area contributed by atoms with E-state index in [0.29, 0.717) is 25.1 Å². The molecule has 1 saturated heterocycles. The van der Waals surface area contributed by atoms with Crippen molar-refractivity contribution < 1.29 is 14.0 Å². The third-order valence-corrected chi connectivity index (χ3v) is 4.23. The van der Waals surface area contributed by atoms with Gasteiger partial charge in [0.2, 0.25) is 5.91 Å². The minimum atomic E-state index is -0.550. The average Bonchev–Trinajstić information content (AvgIpc) is 2.54. The Morgan fingerprint density at radius 2 is 1.71 bits per heavy atom. The van der Waals surface area contributed by atoms with Crippen LogP contribution in [0.2, 0.25) is 0 Å². The Labute approximate surface area is 142 Å². The van der Waals surface area contributed by atoms with Gasteiger partial charge in [0, 0.05) is 31.7 Å². The predicted molar refractivity (Wildman–Crippen MR) is 91.2 cm³/mol. The molecule has 0 unspecified atom stereocenters. The lowest BCUT2D eigenvalue weighted by Gasteiger charge is -2.35. The Balaban J connectivity index is 2.05. The number of halogens is 1. The molecule has 1 atom stereocenters. The zero-order valence-electron chi connectivity index (χ0n) is 14.6. The van der Waals surface area contributed by atoms with Gasteiger partial charge in [-0.3, -0.25) is 9.59 Å². The lowest BCUT2D eigenvalue weighted by atomic mass is 10.0. The van der Waals surface area contributed by atoms with Crippen molar-refractivity contribution in [1.29, 1.82) is 0 Å². The van der Waals surface area contributed by atoms with Crippen molar-refractivity contribution in [2.24, 2.45) is 5.92 Å². The minimum Gasteiger partial charge on any atom is -0.340 e. The van der Waals surface area contributed by atoms with E-state index in [1.54, 1.807) is 0 Å². The number of amides is 2. The van der Waals surface area contributed by atoms with Crippen LogP contribution in [0, 0.1) is 11.7 Å². The summed E-state index contributed by atoms with van der Waals surface area (Å²) in [5.41, 5.74) is 0.358. The SMILES string of the molecule is CC(C)C[C@H](NC(=O)c1ccc(F)cc1)C(=O)N1CCN(C)CC1. The van der Waals surface area contributed by atoms with E-state index >= 15 is 0 Å². The molecule has 0 spiro atoms. The lowest BCUT2D eigenvalue weighted by molar-refractivity contribution is -0.135. The maximum absolute atomic E-state index is 13.0. The van der Waals surface area contributed by atoms with E-state index in [0.717, 1.165) is 13.1 Å². The second kappa shape index (κ2) is 8.24. The van der Waals surface area contributed by atoms with Gasteiger partial charge in [0.25, 0.3) is 5.91 Å². The van der Waals surface area contributed by atoms with E-state index in [1.165, 1.54) is 24.3 Å². The minimum absolute atomic E-state index is 0.0349. The highest BCUT2D eigenvalue weighted by Crippen LogP contribution is 2.12. The summed E-state index contributed by atoms with van der Waals surface area (Å²) >= 11 is 0. The van der Waals surface area contributed by atoms with Crippen molar-refractivity contribution in [3.63, 3.8) is 0 Å². The average molecular weight is 335 g/mol. The number of rotatable bonds is 5. The van der Waals surface area contributed by atoms with Gasteiger partial charge in [-0.25, -0.2) is 4.39 Å². The van der Waals surface area contributed by atoms with Gasteiger partial charge < -0.3 is 15.1 Å². The molecule has 1 aromatic carbocycles. The van der Waals surface area contributed by atoms with Crippen LogP contribution in [0.1, 0.15) is 30.6 Å². The molecule has 0 aliphatic carbocycles. The second-order valence-electron chi connectivity index (χ2n) is 6.79. The van der Waals surface area contributed by atoms with Crippen molar-refractivity contribution >= 4 is 11.8 Å². The Morgan fingerprint density at radius 1 is 1.12 bits per heavy atom. The first-order valence-electron chi connectivity index (χ1n) is 8.40. The zero-order valence-corrected chi connectivity index (χ0v) is 14.6. The maximum Gasteiger partial charge on any atom is 0.251 e. The number of nitrogens with zero attached hydrogens (tertiary/aromatic N) is 2. The first-order chi connectivity index (χ1) is 11.4. The molecular formula is C18H26FN3O2. The quantitative estimate of drug-likeness (QED) is 0.892. The van der Waals surface area contributed by atoms with Crippen molar-refractivity contribution in [3.8, 4) is 0 Å². The van der Waals surface area contributed by atoms with Crippen LogP contribution in [0.4, 0.5) is 4.39 Å². The van der Waals surface area contributed by atoms with E-state index in [4.69, 9.17) is 0 Å². The van der Waals surface area contributed by atoms with E-state index in [1.807, 2.05) is 25.8 Å². The smallest absolute Gasteiger partial charge is 0.251 e. The summed E-state index contributed by atoms with van der Waals surface area (Å²) in [5.74, 6) is -0.492. The van der Waals surface area contributed by atoms with Crippen LogP contribution in [0.15, 0.2) is 24.3 Å². The molecule has 1 aromatic rings. The molecule has 5 nitrogen and oxygen atoms in total. The summed E-state index contributed by atoms with van der Waals surface area (Å²) < 4.78 is 13.0. The summed E-state index contributed by atoms with van der Waals surface area (Å²) in [4.78, 5) is 29.2. The number of carbonyl (C=O) groups excluding carboxylic acids is 2. The van der Waals surface area contributed by atoms with Gasteiger partial charge in [-0.2, -0.15) is 0 Å². The zero-order chi connectivity index (χ0) is 17.7. The van der Waals surface area contributed by atoms with Crippen molar-refractivity contribution in [3.05, 3.63) is 35.6 Å². The summed E-state index contributed by atoms with van der Waals surface area (Å²) in [7, 11) is 2.03. The van der Waals surface area contributed by atoms with Gasteiger partial charge >= 0.3 is 0 Å². The van der Waals surface area contributed by atoms with E-state index in [-0.39, 0.29) is 17.7 Å². The number of hydrogen-bond acceptors (Lipinski definition) is 3. The fourth-order valence-electron chi connectivity index (χ4n) is 2.78. The van der Waals surface area contributed by atoms with E-state index in [9.17, 15) is 14.0 Å². The summed E-state index contributed by atoms with van der Waals surface area (Å²) in [6, 6.07) is 4.80. The van der Waals surface area contributed by atoms with Crippen molar-refractivity contribution in [2.45, 2.75) is 26.3 Å². The van der Waals surface area contributed by atoms with Gasteiger partial charge in [-0.15, -0.1) is 0 Å². The Morgan fingerprint density at radius 3 is 2.25 bits per heavy atom. The molecule has 1 N–H and O–H groups in total. The summed E-state index contributed by atoms with van der Waals surface area (Å²) in [6.45, 7) is 7.08. The molecule has 2 rings (SSSR count). The first-order valence-corrected chi connectivity index (χ1v) is 8.40. The Hall–Kier alpha value is -1.95. The lowest BCUT2D eigenvalue weighted by Crippen LogP contribution is -2.54. The standard InChI is InChI=1S/C18H26FN3O2/c1-13(2)12-16(18(24)22-10-8-21(3)9-11-22)20-17(23)14-4-6-15(19)7-5-14/h4-7,13,16H,8-12H2,1-3H3,(H,20,23)/t16-/m0/s1. The largest absolute Gasteiger partial charge is 0.340 e. The molecule has 1 aliphatic heterocycles. The van der Waals surface area contributed by atoms with Crippen LogP contribution in [0.5, 0.6) is 0 Å². The normalized spacial score (nSPS) is 17.0. The molecule has 0 radical (unpaired) electrons. The van der Waals surface area contributed by atoms with Gasteiger partial charge in [-0.05, 0) is 43.7 Å². The molecule has 0 saturated carbocycles. The van der Waals surface area contributed by atoms with Gasteiger partial charge in [-0.1, -0.05) is 13.8 Å². The number of nitrogens with one attached hydrogen (secondary N) is 1. The van der Waals surface area contributed by atoms with Crippen molar-refractivity contribution in [2.75, 3.05) is 33.2 Å². The number of benzene rings is 1. The van der Waals surface area contributed by atoms with Crippen LogP contribution in [0.25, 0.3) is 0 Å². The van der Waals surface area contributed by atoms with Crippen LogP contribution < -0.4 is 5.32 Å². The first kappa shape index (κ1) is 18.4. The van der Waals surface area contributed by atoms with Crippen molar-refractivity contribution in [1.82, 2.24) is 15.1 Å². The highest BCUT2D eigenvalue weighted by Gasteiger charge is 2.28. The monoisotopic (exact) mass is 335 g/mol. The second-order valence-corrected chi connectivity index (χ2v) is 6.79. The predicted octanol–water partition coefficient (Wildman–Crippen LogP) is 1.74. The molecule has 1 aliphatic rings. The Kier molecular flexibility index (Phi) is 6.31. The third-order valence-electron chi connectivity index (χ3n) is 4.23. The number of piperazine rings is 1. The van der Waals surface area contributed by atoms with Gasteiger partial charge in [0.15, 0.2) is 0 Å². The van der Waals surface area contributed by atoms with Crippen LogP contribution in [-0.4, -0.2) is 60.9 Å². The third kappa shape index (κ3) is 5.03. The molecule has 0 aromatic heterocycles. The molecule has 132 valence electrons. The molecular weight excluding hydrogens is 309 g/mol. The Bertz CT molecular complexity index is 566. The summed E-state index contributed by atoms with van der Waals surface area (Å²) in [5, 5.41) is 2.83. The molecule has 6 heteroatoms. The number of hydrogen-bond donors (Lipinski definition) is 1. The van der Waals surface area contributed by atoms with Gasteiger partial charge in [0.1, 0.15) is 11.9 Å². The molecule has 1 heterocycles. The molecule has 2 amide bonds. The highest BCUT2D eigenvalue weighted by atomic mass is 19.1. The van der Waals surface area contributed by atoms with Crippen LogP contribution in [-0.2, 0) is 4.79 Å². The molecule has 1 fully saturated rings. The fraction of sp³-hybridized carbons (Fsp3) is 0.556.